The van der Waals surface area contributed by atoms with Gasteiger partial charge in [-0.3, -0.25) is 0 Å². The summed E-state index contributed by atoms with van der Waals surface area (Å²) in [5.41, 5.74) is 6.99. The Labute approximate surface area is 117 Å². The summed E-state index contributed by atoms with van der Waals surface area (Å²) >= 11 is 1.60. The number of fused-ring (bicyclic) bond motifs is 1. The van der Waals surface area contributed by atoms with E-state index in [4.69, 9.17) is 5.73 Å². The van der Waals surface area contributed by atoms with Crippen LogP contribution >= 0.6 is 11.8 Å². The maximum atomic E-state index is 12.3. The fourth-order valence-corrected chi connectivity index (χ4v) is 4.06. The van der Waals surface area contributed by atoms with Gasteiger partial charge in [0.25, 0.3) is 0 Å². The third kappa shape index (κ3) is 3.05. The maximum Gasteiger partial charge on any atom is 0.242 e. The van der Waals surface area contributed by atoms with Gasteiger partial charge in [-0.05, 0) is 31.4 Å². The van der Waals surface area contributed by atoms with Crippen LogP contribution in [-0.4, -0.2) is 31.5 Å². The van der Waals surface area contributed by atoms with Crippen molar-refractivity contribution in [2.24, 2.45) is 0 Å². The lowest BCUT2D eigenvalue weighted by molar-refractivity contribution is 0.572. The van der Waals surface area contributed by atoms with E-state index in [0.29, 0.717) is 11.1 Å². The normalized spacial score (nSPS) is 13.8. The third-order valence-corrected chi connectivity index (χ3v) is 5.19. The molecule has 0 saturated heterocycles. The van der Waals surface area contributed by atoms with Gasteiger partial charge < -0.3 is 10.7 Å². The van der Waals surface area contributed by atoms with Crippen LogP contribution in [0.25, 0.3) is 10.9 Å². The molecular weight excluding hydrogens is 282 g/mol. The summed E-state index contributed by atoms with van der Waals surface area (Å²) < 4.78 is 27.3. The van der Waals surface area contributed by atoms with Crippen LogP contribution in [0.4, 0.5) is 5.69 Å². The number of nitrogen functional groups attached to an aromatic ring is 1. The fraction of sp³-hybridized carbons (Fsp3) is 0.333. The Morgan fingerprint density at radius 2 is 2.21 bits per heavy atom. The highest BCUT2D eigenvalue weighted by atomic mass is 32.2. The predicted molar refractivity (Wildman–Crippen MR) is 80.9 cm³/mol. The summed E-state index contributed by atoms with van der Waals surface area (Å²) in [6.45, 7) is 1.85. The maximum absolute atomic E-state index is 12.3. The summed E-state index contributed by atoms with van der Waals surface area (Å²) in [5, 5.41) is 0.651. The van der Waals surface area contributed by atoms with Gasteiger partial charge in [0.2, 0.25) is 10.0 Å². The van der Waals surface area contributed by atoms with Crippen LogP contribution in [0.2, 0.25) is 0 Å². The van der Waals surface area contributed by atoms with E-state index >= 15 is 0 Å². The van der Waals surface area contributed by atoms with E-state index in [1.807, 2.05) is 13.2 Å². The molecule has 2 rings (SSSR count). The van der Waals surface area contributed by atoms with E-state index in [2.05, 4.69) is 9.71 Å². The van der Waals surface area contributed by atoms with Crippen LogP contribution in [0.5, 0.6) is 0 Å². The van der Waals surface area contributed by atoms with Gasteiger partial charge in [-0.15, -0.1) is 0 Å². The lowest BCUT2D eigenvalue weighted by Crippen LogP contribution is -2.34. The predicted octanol–water partition coefficient (Wildman–Crippen LogP) is 1.78. The van der Waals surface area contributed by atoms with Crippen molar-refractivity contribution in [3.05, 3.63) is 24.4 Å². The van der Waals surface area contributed by atoms with Crippen molar-refractivity contribution in [2.75, 3.05) is 17.7 Å². The number of aromatic nitrogens is 1. The smallest absolute Gasteiger partial charge is 0.242 e. The number of hydrogen-bond acceptors (Lipinski definition) is 4. The van der Waals surface area contributed by atoms with Crippen molar-refractivity contribution in [3.8, 4) is 0 Å². The highest BCUT2D eigenvalue weighted by Gasteiger charge is 2.20. The van der Waals surface area contributed by atoms with Crippen molar-refractivity contribution < 1.29 is 8.42 Å². The Morgan fingerprint density at radius 3 is 2.89 bits per heavy atom. The molecule has 0 bridgehead atoms. The van der Waals surface area contributed by atoms with Gasteiger partial charge in [0.15, 0.2) is 0 Å². The van der Waals surface area contributed by atoms with Crippen LogP contribution in [0.1, 0.15) is 6.92 Å². The molecular formula is C12H17N3O2S2. The van der Waals surface area contributed by atoms with E-state index in [1.54, 1.807) is 30.0 Å². The van der Waals surface area contributed by atoms with E-state index in [9.17, 15) is 8.42 Å². The summed E-state index contributed by atoms with van der Waals surface area (Å²) in [6, 6.07) is 5.02. The molecule has 1 aromatic carbocycles. The Bertz CT molecular complexity index is 679. The minimum Gasteiger partial charge on any atom is -0.399 e. The first-order chi connectivity index (χ1) is 8.94. The van der Waals surface area contributed by atoms with Crippen LogP contribution in [0, 0.1) is 0 Å². The summed E-state index contributed by atoms with van der Waals surface area (Å²) in [7, 11) is -3.51. The van der Waals surface area contributed by atoms with Gasteiger partial charge in [-0.25, -0.2) is 13.1 Å². The van der Waals surface area contributed by atoms with Crippen molar-refractivity contribution in [2.45, 2.75) is 17.9 Å². The second-order valence-electron chi connectivity index (χ2n) is 4.44. The van der Waals surface area contributed by atoms with Crippen LogP contribution in [0.15, 0.2) is 29.3 Å². The number of hydrogen-bond donors (Lipinski definition) is 3. The number of nitrogens with two attached hydrogens (primary N) is 1. The lowest BCUT2D eigenvalue weighted by atomic mass is 10.2. The van der Waals surface area contributed by atoms with Gasteiger partial charge in [0.05, 0.1) is 0 Å². The summed E-state index contributed by atoms with van der Waals surface area (Å²) in [4.78, 5) is 3.20. The molecule has 0 aliphatic heterocycles. The first-order valence-corrected chi connectivity index (χ1v) is 8.69. The van der Waals surface area contributed by atoms with E-state index in [1.165, 1.54) is 6.20 Å². The number of rotatable bonds is 5. The number of nitrogens with one attached hydrogen (secondary N) is 2. The second-order valence-corrected chi connectivity index (χ2v) is 7.03. The largest absolute Gasteiger partial charge is 0.399 e. The molecule has 0 saturated carbocycles. The molecule has 104 valence electrons. The van der Waals surface area contributed by atoms with E-state index in [-0.39, 0.29) is 10.9 Å². The highest BCUT2D eigenvalue weighted by Crippen LogP contribution is 2.24. The Morgan fingerprint density at radius 1 is 1.47 bits per heavy atom. The molecule has 0 fully saturated rings. The number of benzene rings is 1. The molecule has 0 radical (unpaired) electrons. The molecule has 7 heteroatoms. The molecule has 0 aliphatic carbocycles. The zero-order chi connectivity index (χ0) is 14.0. The Hall–Kier alpha value is -1.18. The van der Waals surface area contributed by atoms with Crippen molar-refractivity contribution >= 4 is 38.4 Å². The molecule has 0 spiro atoms. The van der Waals surface area contributed by atoms with Crippen LogP contribution < -0.4 is 10.5 Å². The molecule has 1 aromatic heterocycles. The van der Waals surface area contributed by atoms with Crippen molar-refractivity contribution in [1.29, 1.82) is 0 Å². The molecule has 1 heterocycles. The molecule has 19 heavy (non-hydrogen) atoms. The van der Waals surface area contributed by atoms with Gasteiger partial charge in [-0.1, -0.05) is 0 Å². The Kier molecular flexibility index (Phi) is 4.07. The molecule has 1 atom stereocenters. The van der Waals surface area contributed by atoms with E-state index in [0.717, 1.165) is 11.3 Å². The van der Waals surface area contributed by atoms with Crippen LogP contribution in [0.3, 0.4) is 0 Å². The van der Waals surface area contributed by atoms with Gasteiger partial charge in [-0.2, -0.15) is 11.8 Å². The number of sulfonamides is 1. The van der Waals surface area contributed by atoms with Gasteiger partial charge in [0.1, 0.15) is 4.90 Å². The van der Waals surface area contributed by atoms with E-state index < -0.39 is 10.0 Å². The van der Waals surface area contributed by atoms with Gasteiger partial charge in [0, 0.05) is 34.6 Å². The SMILES string of the molecule is CSCC(C)NS(=O)(=O)c1c[nH]c2cc(N)ccc12. The van der Waals surface area contributed by atoms with Gasteiger partial charge >= 0.3 is 0 Å². The quantitative estimate of drug-likeness (QED) is 0.734. The third-order valence-electron chi connectivity index (χ3n) is 2.73. The number of H-pyrrole nitrogens is 1. The zero-order valence-corrected chi connectivity index (χ0v) is 12.4. The molecule has 2 aromatic rings. The first-order valence-electron chi connectivity index (χ1n) is 5.82. The highest BCUT2D eigenvalue weighted by molar-refractivity contribution is 7.98. The minimum absolute atomic E-state index is 0.112. The zero-order valence-electron chi connectivity index (χ0n) is 10.8. The second kappa shape index (κ2) is 5.44. The molecule has 0 amide bonds. The lowest BCUT2D eigenvalue weighted by Gasteiger charge is -2.12. The minimum atomic E-state index is -3.51. The van der Waals surface area contributed by atoms with Crippen molar-refractivity contribution in [1.82, 2.24) is 9.71 Å². The monoisotopic (exact) mass is 299 g/mol. The summed E-state index contributed by atoms with van der Waals surface area (Å²) in [6.07, 6.45) is 3.44. The Balaban J connectivity index is 2.38. The summed E-state index contributed by atoms with van der Waals surface area (Å²) in [5.74, 6) is 0.731. The average Bonchev–Trinajstić information content (AvgIpc) is 2.71. The molecule has 0 aliphatic rings. The van der Waals surface area contributed by atoms with Crippen molar-refractivity contribution in [3.63, 3.8) is 0 Å². The molecule has 4 N–H and O–H groups in total. The first kappa shape index (κ1) is 14.2. The molecule has 1 unspecified atom stereocenters. The number of aromatic amines is 1. The topological polar surface area (TPSA) is 88.0 Å². The number of anilines is 1. The van der Waals surface area contributed by atoms with Crippen LogP contribution in [-0.2, 0) is 10.0 Å². The average molecular weight is 299 g/mol. The fourth-order valence-electron chi connectivity index (χ4n) is 1.95. The standard InChI is InChI=1S/C12H17N3O2S2/c1-8(7-18-2)15-19(16,17)12-6-14-11-5-9(13)3-4-10(11)12/h3-6,8,14-15H,7,13H2,1-2H3. The molecule has 5 nitrogen and oxygen atoms in total. The number of thioether (sulfide) groups is 1.